The molecule has 164 valence electrons. The quantitative estimate of drug-likeness (QED) is 0.804. The van der Waals surface area contributed by atoms with Gasteiger partial charge in [0.25, 0.3) is 5.91 Å². The highest BCUT2D eigenvalue weighted by molar-refractivity contribution is 6.12. The van der Waals surface area contributed by atoms with Gasteiger partial charge < -0.3 is 5.32 Å². The number of hydrogen-bond acceptors (Lipinski definition) is 3. The van der Waals surface area contributed by atoms with Gasteiger partial charge in [-0.05, 0) is 69.7 Å². The Morgan fingerprint density at radius 1 is 1.10 bits per heavy atom. The highest BCUT2D eigenvalue weighted by atomic mass is 16.2. The Morgan fingerprint density at radius 2 is 1.84 bits per heavy atom. The zero-order valence-electron chi connectivity index (χ0n) is 18.8. The molecule has 6 nitrogen and oxygen atoms in total. The van der Waals surface area contributed by atoms with E-state index < -0.39 is 5.54 Å². The molecule has 0 radical (unpaired) electrons. The van der Waals surface area contributed by atoms with E-state index in [-0.39, 0.29) is 17.9 Å². The number of carbonyl (C=O) groups is 2. The summed E-state index contributed by atoms with van der Waals surface area (Å²) in [4.78, 5) is 29.3. The Bertz CT molecular complexity index is 1030. The molecule has 2 heterocycles. The lowest BCUT2D eigenvalue weighted by molar-refractivity contribution is -0.127. The Kier molecular flexibility index (Phi) is 4.91. The number of nitrogens with zero attached hydrogens (tertiary/aromatic N) is 3. The molecule has 1 atom stereocenters. The van der Waals surface area contributed by atoms with Gasteiger partial charge in [-0.2, -0.15) is 5.10 Å². The first-order chi connectivity index (χ1) is 14.9. The maximum absolute atomic E-state index is 13.8. The third kappa shape index (κ3) is 3.56. The molecule has 5 rings (SSSR count). The average Bonchev–Trinajstić information content (AvgIpc) is 3.51. The maximum atomic E-state index is 13.8. The summed E-state index contributed by atoms with van der Waals surface area (Å²) in [6.07, 6.45) is 7.81. The number of aromatic nitrogens is 2. The van der Waals surface area contributed by atoms with E-state index >= 15 is 0 Å². The third-order valence-corrected chi connectivity index (χ3v) is 7.20. The van der Waals surface area contributed by atoms with Crippen LogP contribution in [0.5, 0.6) is 0 Å². The lowest BCUT2D eigenvalue weighted by Gasteiger charge is -2.44. The van der Waals surface area contributed by atoms with Crippen LogP contribution in [0.3, 0.4) is 0 Å². The summed E-state index contributed by atoms with van der Waals surface area (Å²) in [5, 5.41) is 8.03. The monoisotopic (exact) mass is 420 g/mol. The molecule has 3 aliphatic rings. The molecule has 0 unspecified atom stereocenters. The predicted molar refractivity (Wildman–Crippen MR) is 120 cm³/mol. The van der Waals surface area contributed by atoms with Gasteiger partial charge in [-0.25, -0.2) is 0 Å². The molecule has 0 bridgehead atoms. The first-order valence-electron chi connectivity index (χ1n) is 11.7. The van der Waals surface area contributed by atoms with Crippen LogP contribution in [0.1, 0.15) is 85.1 Å². The van der Waals surface area contributed by atoms with Crippen LogP contribution >= 0.6 is 0 Å². The van der Waals surface area contributed by atoms with Crippen LogP contribution in [0.4, 0.5) is 5.69 Å². The largest absolute Gasteiger partial charge is 0.351 e. The van der Waals surface area contributed by atoms with Gasteiger partial charge in [0.2, 0.25) is 5.91 Å². The van der Waals surface area contributed by atoms with Gasteiger partial charge in [0.1, 0.15) is 11.2 Å². The molecule has 0 saturated heterocycles. The Labute approximate surface area is 184 Å². The van der Waals surface area contributed by atoms with Crippen molar-refractivity contribution in [2.24, 2.45) is 0 Å². The normalized spacial score (nSPS) is 24.2. The molecule has 31 heavy (non-hydrogen) atoms. The van der Waals surface area contributed by atoms with E-state index in [2.05, 4.69) is 5.32 Å². The first-order valence-corrected chi connectivity index (χ1v) is 11.7. The van der Waals surface area contributed by atoms with Crippen molar-refractivity contribution >= 4 is 17.5 Å². The number of benzene rings is 1. The van der Waals surface area contributed by atoms with E-state index in [4.69, 9.17) is 5.10 Å². The lowest BCUT2D eigenvalue weighted by atomic mass is 9.90. The Balaban J connectivity index is 1.57. The van der Waals surface area contributed by atoms with Crippen LogP contribution in [-0.2, 0) is 11.3 Å². The fraction of sp³-hybridized carbons (Fsp3) is 0.560. The highest BCUT2D eigenvalue weighted by Crippen LogP contribution is 2.41. The van der Waals surface area contributed by atoms with Crippen LogP contribution in [0.25, 0.3) is 0 Å². The molecule has 1 aromatic heterocycles. The summed E-state index contributed by atoms with van der Waals surface area (Å²) in [5.74, 6) is 0.241. The van der Waals surface area contributed by atoms with Crippen LogP contribution in [0, 0.1) is 13.8 Å². The molecule has 2 saturated carbocycles. The van der Waals surface area contributed by atoms with Gasteiger partial charge in [0.15, 0.2) is 0 Å². The van der Waals surface area contributed by atoms with E-state index in [1.54, 1.807) is 9.58 Å². The molecule has 1 N–H and O–H groups in total. The highest BCUT2D eigenvalue weighted by Gasteiger charge is 2.50. The molecule has 2 fully saturated rings. The van der Waals surface area contributed by atoms with Gasteiger partial charge in [-0.1, -0.05) is 31.4 Å². The zero-order valence-corrected chi connectivity index (χ0v) is 18.8. The van der Waals surface area contributed by atoms with Crippen molar-refractivity contribution in [1.82, 2.24) is 15.1 Å². The van der Waals surface area contributed by atoms with Gasteiger partial charge >= 0.3 is 0 Å². The Morgan fingerprint density at radius 3 is 2.55 bits per heavy atom. The van der Waals surface area contributed by atoms with Crippen LogP contribution in [0.15, 0.2) is 24.3 Å². The van der Waals surface area contributed by atoms with E-state index in [9.17, 15) is 9.59 Å². The SMILES string of the molecule is Cc1ccc(C)c(N2C(=O)c3cc(C4CC4)nn3C[C@@]2(C)C(=O)NC2CCCCC2)c1. The molecule has 2 aliphatic carbocycles. The van der Waals surface area contributed by atoms with Crippen LogP contribution in [-0.4, -0.2) is 33.2 Å². The minimum atomic E-state index is -1.03. The number of fused-ring (bicyclic) bond motifs is 1. The number of hydrogen-bond donors (Lipinski definition) is 1. The number of amides is 2. The lowest BCUT2D eigenvalue weighted by Crippen LogP contribution is -2.65. The van der Waals surface area contributed by atoms with Crippen molar-refractivity contribution in [2.45, 2.75) is 89.8 Å². The van der Waals surface area contributed by atoms with Crippen molar-refractivity contribution in [3.63, 3.8) is 0 Å². The molecule has 6 heteroatoms. The molecule has 1 aromatic carbocycles. The number of anilines is 1. The van der Waals surface area contributed by atoms with Crippen molar-refractivity contribution in [2.75, 3.05) is 4.90 Å². The fourth-order valence-electron chi connectivity index (χ4n) is 5.11. The van der Waals surface area contributed by atoms with Crippen molar-refractivity contribution in [3.05, 3.63) is 46.8 Å². The van der Waals surface area contributed by atoms with Gasteiger partial charge in [0, 0.05) is 17.6 Å². The predicted octanol–water partition coefficient (Wildman–Crippen LogP) is 4.25. The Hall–Kier alpha value is -2.63. The van der Waals surface area contributed by atoms with Crippen molar-refractivity contribution < 1.29 is 9.59 Å². The number of rotatable bonds is 4. The van der Waals surface area contributed by atoms with E-state index in [1.165, 1.54) is 6.42 Å². The third-order valence-electron chi connectivity index (χ3n) is 7.20. The van der Waals surface area contributed by atoms with Gasteiger partial charge in [-0.15, -0.1) is 0 Å². The second-order valence-electron chi connectivity index (χ2n) is 9.90. The maximum Gasteiger partial charge on any atom is 0.277 e. The van der Waals surface area contributed by atoms with Gasteiger partial charge in [0.05, 0.1) is 12.2 Å². The first kappa shape index (κ1) is 20.3. The minimum Gasteiger partial charge on any atom is -0.351 e. The van der Waals surface area contributed by atoms with Gasteiger partial charge in [-0.3, -0.25) is 19.2 Å². The fourth-order valence-corrected chi connectivity index (χ4v) is 5.11. The molecule has 0 spiro atoms. The molecule has 1 aliphatic heterocycles. The van der Waals surface area contributed by atoms with E-state index in [0.717, 1.165) is 61.0 Å². The molecule has 2 aromatic rings. The smallest absolute Gasteiger partial charge is 0.277 e. The average molecular weight is 421 g/mol. The topological polar surface area (TPSA) is 67.2 Å². The van der Waals surface area contributed by atoms with Crippen LogP contribution in [0.2, 0.25) is 0 Å². The van der Waals surface area contributed by atoms with Crippen molar-refractivity contribution in [3.8, 4) is 0 Å². The summed E-state index contributed by atoms with van der Waals surface area (Å²) >= 11 is 0. The summed E-state index contributed by atoms with van der Waals surface area (Å²) in [6, 6.07) is 8.22. The molecular weight excluding hydrogens is 388 g/mol. The number of aryl methyl sites for hydroxylation is 2. The second kappa shape index (κ2) is 7.50. The number of nitrogens with one attached hydrogen (secondary N) is 1. The molecular formula is C25H32N4O2. The number of carbonyl (C=O) groups excluding carboxylic acids is 2. The summed E-state index contributed by atoms with van der Waals surface area (Å²) in [5.41, 5.74) is 3.42. The molecule has 2 amide bonds. The summed E-state index contributed by atoms with van der Waals surface area (Å²) in [6.45, 7) is 6.29. The van der Waals surface area contributed by atoms with E-state index in [1.807, 2.05) is 45.0 Å². The van der Waals surface area contributed by atoms with Crippen molar-refractivity contribution in [1.29, 1.82) is 0 Å². The summed E-state index contributed by atoms with van der Waals surface area (Å²) in [7, 11) is 0. The van der Waals surface area contributed by atoms with Crippen LogP contribution < -0.4 is 10.2 Å². The minimum absolute atomic E-state index is 0.0808. The second-order valence-corrected chi connectivity index (χ2v) is 9.90. The zero-order chi connectivity index (χ0) is 21.8. The summed E-state index contributed by atoms with van der Waals surface area (Å²) < 4.78 is 1.78. The van der Waals surface area contributed by atoms with E-state index in [0.29, 0.717) is 18.2 Å². The standard InChI is InChI=1S/C25H32N4O2/c1-16-9-10-17(2)21(13-16)29-23(30)22-14-20(18-11-12-18)27-28(22)15-25(29,3)24(31)26-19-7-5-4-6-8-19/h9-10,13-14,18-19H,4-8,11-12,15H2,1-3H3,(H,26,31)/t25-/m0/s1.